The molecule has 0 saturated heterocycles. The zero-order valence-electron chi connectivity index (χ0n) is 17.0. The lowest BCUT2D eigenvalue weighted by Gasteiger charge is -2.26. The van der Waals surface area contributed by atoms with Crippen LogP contribution in [-0.2, 0) is 5.41 Å². The molecule has 0 fully saturated rings. The van der Waals surface area contributed by atoms with Crippen LogP contribution in [0.5, 0.6) is 0 Å². The van der Waals surface area contributed by atoms with Gasteiger partial charge in [0.2, 0.25) is 0 Å². The summed E-state index contributed by atoms with van der Waals surface area (Å²) in [6.07, 6.45) is 3.80. The van der Waals surface area contributed by atoms with Crippen molar-refractivity contribution in [2.75, 3.05) is 11.4 Å². The van der Waals surface area contributed by atoms with Gasteiger partial charge in [0.1, 0.15) is 0 Å². The maximum atomic E-state index is 6.38. The first-order valence-corrected chi connectivity index (χ1v) is 10.2. The normalized spacial score (nSPS) is 15.1. The fourth-order valence-electron chi connectivity index (χ4n) is 4.46. The molecule has 0 radical (unpaired) electrons. The van der Waals surface area contributed by atoms with Crippen molar-refractivity contribution < 1.29 is 0 Å². The second-order valence-corrected chi connectivity index (χ2v) is 8.96. The largest absolute Gasteiger partial charge is 0.340 e. The van der Waals surface area contributed by atoms with Gasteiger partial charge < -0.3 is 4.90 Å². The number of aromatic amines is 1. The van der Waals surface area contributed by atoms with Crippen molar-refractivity contribution in [3.05, 3.63) is 70.6 Å². The zero-order chi connectivity index (χ0) is 20.3. The Morgan fingerprint density at radius 3 is 2.66 bits per heavy atom. The Hall–Kier alpha value is -2.85. The van der Waals surface area contributed by atoms with E-state index in [2.05, 4.69) is 61.0 Å². The second-order valence-electron chi connectivity index (χ2n) is 8.52. The van der Waals surface area contributed by atoms with Crippen LogP contribution in [0.15, 0.2) is 48.8 Å². The molecule has 1 aliphatic rings. The van der Waals surface area contributed by atoms with Crippen molar-refractivity contribution in [1.82, 2.24) is 15.2 Å². The smallest absolute Gasteiger partial charge is 0.0727 e. The molecule has 146 valence electrons. The van der Waals surface area contributed by atoms with Crippen molar-refractivity contribution in [3.8, 4) is 11.1 Å². The lowest BCUT2D eigenvalue weighted by molar-refractivity contribution is 0.569. The van der Waals surface area contributed by atoms with Gasteiger partial charge in [0, 0.05) is 45.5 Å². The van der Waals surface area contributed by atoms with Gasteiger partial charge in [-0.05, 0) is 54.8 Å². The van der Waals surface area contributed by atoms with Crippen LogP contribution in [0.2, 0.25) is 5.02 Å². The maximum absolute atomic E-state index is 6.38. The fraction of sp³-hybridized carbons (Fsp3) is 0.250. The number of benzene rings is 2. The fourth-order valence-corrected chi connectivity index (χ4v) is 4.63. The molecule has 0 spiro atoms. The van der Waals surface area contributed by atoms with Crippen LogP contribution in [0.25, 0.3) is 22.0 Å². The van der Waals surface area contributed by atoms with Crippen molar-refractivity contribution in [1.29, 1.82) is 0 Å². The minimum Gasteiger partial charge on any atom is -0.340 e. The first kappa shape index (κ1) is 18.2. The summed E-state index contributed by atoms with van der Waals surface area (Å²) >= 11 is 6.38. The Bertz CT molecular complexity index is 1240. The predicted molar refractivity (Wildman–Crippen MR) is 120 cm³/mol. The van der Waals surface area contributed by atoms with E-state index in [4.69, 9.17) is 16.6 Å². The summed E-state index contributed by atoms with van der Waals surface area (Å²) in [6, 6.07) is 12.7. The van der Waals surface area contributed by atoms with Crippen molar-refractivity contribution in [2.45, 2.75) is 33.1 Å². The minimum atomic E-state index is 0.0404. The molecule has 2 aromatic carbocycles. The quantitative estimate of drug-likeness (QED) is 0.426. The molecule has 5 heteroatoms. The number of nitrogens with one attached hydrogen (secondary N) is 1. The summed E-state index contributed by atoms with van der Waals surface area (Å²) in [7, 11) is 0. The van der Waals surface area contributed by atoms with Gasteiger partial charge in [-0.25, -0.2) is 0 Å². The summed E-state index contributed by atoms with van der Waals surface area (Å²) in [5, 5.41) is 8.85. The average Bonchev–Trinajstić information content (AvgIpc) is 3.30. The van der Waals surface area contributed by atoms with Gasteiger partial charge in [0.05, 0.1) is 17.4 Å². The number of fused-ring (bicyclic) bond motifs is 2. The van der Waals surface area contributed by atoms with E-state index in [1.165, 1.54) is 22.5 Å². The van der Waals surface area contributed by atoms with E-state index in [9.17, 15) is 0 Å². The third-order valence-corrected chi connectivity index (χ3v) is 6.31. The molecule has 4 nitrogen and oxygen atoms in total. The molecule has 0 unspecified atom stereocenters. The molecule has 0 bridgehead atoms. The van der Waals surface area contributed by atoms with Crippen LogP contribution in [0, 0.1) is 13.8 Å². The number of rotatable bonds is 2. The molecule has 29 heavy (non-hydrogen) atoms. The van der Waals surface area contributed by atoms with Crippen molar-refractivity contribution >= 4 is 33.9 Å². The molecule has 5 rings (SSSR count). The number of anilines is 2. The van der Waals surface area contributed by atoms with E-state index in [-0.39, 0.29) is 5.41 Å². The number of halogens is 1. The number of aryl methyl sites for hydroxylation is 1. The molecular weight excluding hydrogens is 380 g/mol. The molecule has 4 aromatic rings. The summed E-state index contributed by atoms with van der Waals surface area (Å²) in [4.78, 5) is 7.25. The number of hydrogen-bond acceptors (Lipinski definition) is 3. The second kappa shape index (κ2) is 6.33. The van der Waals surface area contributed by atoms with Crippen LogP contribution < -0.4 is 4.90 Å². The highest BCUT2D eigenvalue weighted by atomic mass is 35.5. The van der Waals surface area contributed by atoms with Crippen molar-refractivity contribution in [2.24, 2.45) is 0 Å². The molecule has 0 aliphatic carbocycles. The van der Waals surface area contributed by atoms with Crippen LogP contribution >= 0.6 is 11.6 Å². The molecule has 1 N–H and O–H groups in total. The molecule has 1 aliphatic heterocycles. The molecule has 0 amide bonds. The molecule has 0 atom stereocenters. The maximum Gasteiger partial charge on any atom is 0.0727 e. The van der Waals surface area contributed by atoms with E-state index in [0.29, 0.717) is 0 Å². The molecule has 2 aromatic heterocycles. The van der Waals surface area contributed by atoms with Gasteiger partial charge in [-0.3, -0.25) is 10.1 Å². The molecular formula is C24H23ClN4. The monoisotopic (exact) mass is 402 g/mol. The Morgan fingerprint density at radius 2 is 1.90 bits per heavy atom. The first-order valence-electron chi connectivity index (χ1n) is 9.83. The first-order chi connectivity index (χ1) is 13.8. The Balaban J connectivity index is 1.78. The summed E-state index contributed by atoms with van der Waals surface area (Å²) in [5.74, 6) is 0. The van der Waals surface area contributed by atoms with Gasteiger partial charge >= 0.3 is 0 Å². The summed E-state index contributed by atoms with van der Waals surface area (Å²) in [5.41, 5.74) is 9.30. The summed E-state index contributed by atoms with van der Waals surface area (Å²) in [6.45, 7) is 9.76. The Morgan fingerprint density at radius 1 is 1.07 bits per heavy atom. The highest BCUT2D eigenvalue weighted by Gasteiger charge is 2.37. The third kappa shape index (κ3) is 2.82. The summed E-state index contributed by atoms with van der Waals surface area (Å²) < 4.78 is 0. The third-order valence-electron chi connectivity index (χ3n) is 6.07. The van der Waals surface area contributed by atoms with Crippen molar-refractivity contribution in [3.63, 3.8) is 0 Å². The Kier molecular flexibility index (Phi) is 3.97. The SMILES string of the molecule is Cc1nc2ccc(Cl)cc2c(N2CC(C)(C)c3ccc(-c4cn[nH]c4)cc32)c1C. The number of pyridine rings is 1. The van der Waals surface area contributed by atoms with E-state index in [0.717, 1.165) is 39.3 Å². The number of nitrogens with zero attached hydrogens (tertiary/aromatic N) is 3. The van der Waals surface area contributed by atoms with Gasteiger partial charge in [0.15, 0.2) is 0 Å². The minimum absolute atomic E-state index is 0.0404. The number of aromatic nitrogens is 3. The van der Waals surface area contributed by atoms with Gasteiger partial charge in [-0.2, -0.15) is 5.10 Å². The molecule has 3 heterocycles. The van der Waals surface area contributed by atoms with Gasteiger partial charge in [-0.15, -0.1) is 0 Å². The topological polar surface area (TPSA) is 44.8 Å². The number of H-pyrrole nitrogens is 1. The van der Waals surface area contributed by atoms with E-state index < -0.39 is 0 Å². The van der Waals surface area contributed by atoms with Crippen LogP contribution in [-0.4, -0.2) is 21.7 Å². The highest BCUT2D eigenvalue weighted by molar-refractivity contribution is 6.31. The van der Waals surface area contributed by atoms with Crippen LogP contribution in [0.4, 0.5) is 11.4 Å². The van der Waals surface area contributed by atoms with E-state index >= 15 is 0 Å². The predicted octanol–water partition coefficient (Wildman–Crippen LogP) is 6.32. The Labute approximate surface area is 175 Å². The van der Waals surface area contributed by atoms with Crippen LogP contribution in [0.3, 0.4) is 0 Å². The molecule has 0 saturated carbocycles. The lowest BCUT2D eigenvalue weighted by atomic mass is 9.86. The van der Waals surface area contributed by atoms with Gasteiger partial charge in [0.25, 0.3) is 0 Å². The van der Waals surface area contributed by atoms with E-state index in [1.54, 1.807) is 0 Å². The zero-order valence-corrected chi connectivity index (χ0v) is 17.8. The average molecular weight is 403 g/mol. The van der Waals surface area contributed by atoms with Gasteiger partial charge in [-0.1, -0.05) is 37.6 Å². The van der Waals surface area contributed by atoms with Crippen LogP contribution in [0.1, 0.15) is 30.7 Å². The highest BCUT2D eigenvalue weighted by Crippen LogP contribution is 2.48. The van der Waals surface area contributed by atoms with E-state index in [1.807, 2.05) is 30.6 Å². The standard InChI is InChI=1S/C24H23ClN4/c1-14-15(2)28-21-8-6-18(25)10-19(21)23(14)29-13-24(3,4)20-7-5-16(9-22(20)29)17-11-26-27-12-17/h5-12H,13H2,1-4H3,(H,26,27). The number of hydrogen-bond donors (Lipinski definition) is 1. The lowest BCUT2D eigenvalue weighted by Crippen LogP contribution is -2.25.